The lowest BCUT2D eigenvalue weighted by Crippen LogP contribution is -2.28. The van der Waals surface area contributed by atoms with E-state index in [1.807, 2.05) is 18.7 Å². The topological polar surface area (TPSA) is 73.7 Å². The lowest BCUT2D eigenvalue weighted by atomic mass is 9.95. The summed E-state index contributed by atoms with van der Waals surface area (Å²) in [6, 6.07) is 0. The maximum Gasteiger partial charge on any atom is 0.305 e. The highest BCUT2D eigenvalue weighted by Crippen LogP contribution is 2.22. The van der Waals surface area contributed by atoms with E-state index in [0.717, 1.165) is 71.1 Å². The Morgan fingerprint density at radius 1 is 0.459 bits per heavy atom. The highest BCUT2D eigenvalue weighted by molar-refractivity contribution is 5.69. The maximum atomic E-state index is 12.8. The number of aromatic nitrogens is 2. The van der Waals surface area contributed by atoms with Crippen molar-refractivity contribution in [2.45, 2.75) is 272 Å². The largest absolute Gasteiger partial charge is 0.465 e. The Morgan fingerprint density at radius 2 is 0.803 bits per heavy atom. The zero-order valence-electron chi connectivity index (χ0n) is 41.3. The van der Waals surface area contributed by atoms with Crippen molar-refractivity contribution in [1.82, 2.24) is 14.5 Å². The molecule has 0 aliphatic rings. The van der Waals surface area contributed by atoms with Gasteiger partial charge in [-0.3, -0.25) is 9.59 Å². The van der Waals surface area contributed by atoms with Gasteiger partial charge in [0.2, 0.25) is 0 Å². The van der Waals surface area contributed by atoms with Gasteiger partial charge in [0.1, 0.15) is 0 Å². The molecule has 61 heavy (non-hydrogen) atoms. The van der Waals surface area contributed by atoms with Gasteiger partial charge in [0.05, 0.1) is 19.5 Å². The average Bonchev–Trinajstić information content (AvgIpc) is 3.79. The molecule has 0 amide bonds. The van der Waals surface area contributed by atoms with Crippen LogP contribution in [0.5, 0.6) is 0 Å². The van der Waals surface area contributed by atoms with Crippen LogP contribution in [0.2, 0.25) is 0 Å². The quantitative estimate of drug-likeness (QED) is 0.0480. The summed E-state index contributed by atoms with van der Waals surface area (Å²) < 4.78 is 14.0. The predicted molar refractivity (Wildman–Crippen MR) is 261 cm³/mol. The van der Waals surface area contributed by atoms with Crippen LogP contribution in [0.4, 0.5) is 0 Å². The number of carbonyl (C=O) groups is 2. The van der Waals surface area contributed by atoms with Gasteiger partial charge in [-0.25, -0.2) is 4.98 Å². The number of hydrogen-bond acceptors (Lipinski definition) is 6. The minimum atomic E-state index is -0.00244. The Bertz CT molecular complexity index is 987. The second-order valence-corrected chi connectivity index (χ2v) is 18.9. The van der Waals surface area contributed by atoms with Gasteiger partial charge >= 0.3 is 11.9 Å². The molecule has 0 aromatic carbocycles. The van der Waals surface area contributed by atoms with Gasteiger partial charge in [0, 0.05) is 31.8 Å². The number of hydrogen-bond donors (Lipinski definition) is 0. The summed E-state index contributed by atoms with van der Waals surface area (Å²) >= 11 is 0. The van der Waals surface area contributed by atoms with E-state index in [-0.39, 0.29) is 11.9 Å². The molecule has 0 spiro atoms. The van der Waals surface area contributed by atoms with Crippen molar-refractivity contribution in [3.8, 4) is 0 Å². The minimum absolute atomic E-state index is 0.00244. The summed E-state index contributed by atoms with van der Waals surface area (Å²) in [6.45, 7) is 14.5. The number of imidazole rings is 1. The number of unbranched alkanes of at least 4 members (excludes halogenated alkanes) is 24. The van der Waals surface area contributed by atoms with Crippen molar-refractivity contribution in [1.29, 1.82) is 0 Å². The van der Waals surface area contributed by atoms with Gasteiger partial charge in [-0.15, -0.1) is 0 Å². The summed E-state index contributed by atoms with van der Waals surface area (Å²) in [5.74, 6) is 1.04. The Labute approximate surface area is 379 Å². The van der Waals surface area contributed by atoms with E-state index in [1.54, 1.807) is 0 Å². The first-order valence-electron chi connectivity index (χ1n) is 27.0. The summed E-state index contributed by atoms with van der Waals surface area (Å²) in [5.41, 5.74) is 0. The molecule has 0 N–H and O–H groups in total. The molecular weight excluding hydrogens is 755 g/mol. The SMILES string of the molecule is CCCCCCCCCC(CCCCCCC)COC(=O)CCCCCN(CCCCCC(=O)OCC(CCCCCCC)CCCCCCCCC)CCCn1ccnc1. The van der Waals surface area contributed by atoms with Crippen LogP contribution in [0.3, 0.4) is 0 Å². The molecule has 1 heterocycles. The highest BCUT2D eigenvalue weighted by atomic mass is 16.5. The number of rotatable bonds is 48. The van der Waals surface area contributed by atoms with E-state index in [0.29, 0.717) is 37.9 Å². The number of carbonyl (C=O) groups excluding carboxylic acids is 2. The molecule has 2 atom stereocenters. The van der Waals surface area contributed by atoms with E-state index in [2.05, 4.69) is 42.1 Å². The van der Waals surface area contributed by atoms with Crippen LogP contribution in [0.25, 0.3) is 0 Å². The van der Waals surface area contributed by atoms with E-state index < -0.39 is 0 Å². The van der Waals surface area contributed by atoms with Crippen molar-refractivity contribution in [2.75, 3.05) is 32.8 Å². The maximum absolute atomic E-state index is 12.8. The van der Waals surface area contributed by atoms with E-state index in [1.165, 1.54) is 180 Å². The fourth-order valence-electron chi connectivity index (χ4n) is 8.84. The number of esters is 2. The molecule has 0 saturated heterocycles. The van der Waals surface area contributed by atoms with Gasteiger partial charge in [0.25, 0.3) is 0 Å². The number of nitrogens with zero attached hydrogens (tertiary/aromatic N) is 3. The highest BCUT2D eigenvalue weighted by Gasteiger charge is 2.15. The first-order chi connectivity index (χ1) is 30.0. The van der Waals surface area contributed by atoms with Gasteiger partial charge in [-0.2, -0.15) is 0 Å². The third kappa shape index (κ3) is 38.3. The normalized spacial score (nSPS) is 12.6. The molecular formula is C54H103N3O4. The lowest BCUT2D eigenvalue weighted by molar-refractivity contribution is -0.146. The molecule has 7 heteroatoms. The molecule has 0 saturated carbocycles. The third-order valence-electron chi connectivity index (χ3n) is 13.0. The molecule has 1 aromatic rings. The molecule has 7 nitrogen and oxygen atoms in total. The summed E-state index contributed by atoms with van der Waals surface area (Å²) in [7, 11) is 0. The second-order valence-electron chi connectivity index (χ2n) is 18.9. The molecule has 358 valence electrons. The van der Waals surface area contributed by atoms with Crippen LogP contribution in [-0.2, 0) is 25.6 Å². The monoisotopic (exact) mass is 858 g/mol. The Morgan fingerprint density at radius 3 is 1.16 bits per heavy atom. The molecule has 0 aliphatic carbocycles. The minimum Gasteiger partial charge on any atom is -0.465 e. The molecule has 0 fully saturated rings. The predicted octanol–water partition coefficient (Wildman–Crippen LogP) is 16.0. The van der Waals surface area contributed by atoms with Crippen LogP contribution >= 0.6 is 0 Å². The fourth-order valence-corrected chi connectivity index (χ4v) is 8.84. The van der Waals surface area contributed by atoms with Crippen LogP contribution in [0, 0.1) is 11.8 Å². The van der Waals surface area contributed by atoms with Crippen molar-refractivity contribution in [3.05, 3.63) is 18.7 Å². The van der Waals surface area contributed by atoms with Crippen molar-refractivity contribution in [3.63, 3.8) is 0 Å². The van der Waals surface area contributed by atoms with E-state index in [4.69, 9.17) is 9.47 Å². The first-order valence-corrected chi connectivity index (χ1v) is 27.0. The molecule has 2 unspecified atom stereocenters. The van der Waals surface area contributed by atoms with Gasteiger partial charge in [-0.1, -0.05) is 195 Å². The first kappa shape index (κ1) is 57.1. The van der Waals surface area contributed by atoms with Crippen LogP contribution < -0.4 is 0 Å². The zero-order chi connectivity index (χ0) is 44.1. The Hall–Kier alpha value is -1.89. The van der Waals surface area contributed by atoms with Gasteiger partial charge < -0.3 is 18.9 Å². The Balaban J connectivity index is 2.42. The van der Waals surface area contributed by atoms with E-state index >= 15 is 0 Å². The average molecular weight is 858 g/mol. The molecule has 1 aromatic heterocycles. The van der Waals surface area contributed by atoms with E-state index in [9.17, 15) is 9.59 Å². The van der Waals surface area contributed by atoms with Crippen LogP contribution in [0.15, 0.2) is 18.7 Å². The Kier molecular flexibility index (Phi) is 41.9. The second kappa shape index (κ2) is 44.7. The molecule has 0 bridgehead atoms. The van der Waals surface area contributed by atoms with Gasteiger partial charge in [-0.05, 0) is 89.3 Å². The van der Waals surface area contributed by atoms with Crippen molar-refractivity contribution in [2.24, 2.45) is 11.8 Å². The summed E-state index contributed by atoms with van der Waals surface area (Å²) in [4.78, 5) is 32.4. The van der Waals surface area contributed by atoms with Crippen molar-refractivity contribution >= 4 is 11.9 Å². The smallest absolute Gasteiger partial charge is 0.305 e. The molecule has 1 rings (SSSR count). The summed E-state index contributed by atoms with van der Waals surface area (Å²) in [6.07, 6.45) is 50.6. The molecule has 0 radical (unpaired) electrons. The van der Waals surface area contributed by atoms with Crippen LogP contribution in [-0.4, -0.2) is 59.2 Å². The van der Waals surface area contributed by atoms with Crippen LogP contribution in [0.1, 0.15) is 265 Å². The molecule has 0 aliphatic heterocycles. The summed E-state index contributed by atoms with van der Waals surface area (Å²) in [5, 5.41) is 0. The number of ether oxygens (including phenoxy) is 2. The number of aryl methyl sites for hydroxylation is 1. The van der Waals surface area contributed by atoms with Crippen molar-refractivity contribution < 1.29 is 19.1 Å². The third-order valence-corrected chi connectivity index (χ3v) is 13.0. The zero-order valence-corrected chi connectivity index (χ0v) is 41.3. The lowest BCUT2D eigenvalue weighted by Gasteiger charge is -2.22. The standard InChI is InChI=1S/C54H103N3O4/c1-5-9-13-17-19-23-29-38-51(36-27-21-15-11-7-3)48-60-53(58)40-31-25-33-43-56(45-35-46-57-47-42-55-50-57)44-34-26-32-41-54(59)61-49-52(37-28-22-16-12-8-4)39-30-24-20-18-14-10-6-2/h42,47,50-52H,5-41,43-46,48-49H2,1-4H3. The van der Waals surface area contributed by atoms with Gasteiger partial charge in [0.15, 0.2) is 0 Å². The fraction of sp³-hybridized carbons (Fsp3) is 0.907.